The number of esters is 1. The quantitative estimate of drug-likeness (QED) is 0.449. The van der Waals surface area contributed by atoms with Crippen LogP contribution in [0.4, 0.5) is 6.01 Å². The number of carbonyl (C=O) groups is 1. The van der Waals surface area contributed by atoms with Crippen molar-refractivity contribution < 1.29 is 18.4 Å². The number of nitrogens with zero attached hydrogens (tertiary/aromatic N) is 3. The standard InChI is InChI=1S/C21H19N3O4S/c25-20(27-13-15-12-26-19(22-15)18-6-3-11-29-18)14-7-9-24(10-8-14)21-23-16-4-1-2-5-17(16)28-21/h1-6,11-12,14H,7-10,13H2. The minimum atomic E-state index is -0.192. The molecule has 5 rings (SSSR count). The number of para-hydroxylation sites is 2. The number of ether oxygens (including phenoxy) is 1. The van der Waals surface area contributed by atoms with Gasteiger partial charge in [-0.3, -0.25) is 4.79 Å². The molecule has 8 heteroatoms. The first-order valence-corrected chi connectivity index (χ1v) is 10.4. The summed E-state index contributed by atoms with van der Waals surface area (Å²) in [6.45, 7) is 1.54. The second-order valence-corrected chi connectivity index (χ2v) is 7.90. The Morgan fingerprint density at radius 1 is 1.17 bits per heavy atom. The SMILES string of the molecule is O=C(OCc1coc(-c2cccs2)n1)C1CCN(c2nc3ccccc3o2)CC1. The van der Waals surface area contributed by atoms with Crippen LogP contribution >= 0.6 is 11.3 Å². The zero-order chi connectivity index (χ0) is 19.6. The summed E-state index contributed by atoms with van der Waals surface area (Å²) in [6, 6.07) is 12.2. The highest BCUT2D eigenvalue weighted by Gasteiger charge is 2.28. The van der Waals surface area contributed by atoms with Gasteiger partial charge >= 0.3 is 5.97 Å². The molecule has 29 heavy (non-hydrogen) atoms. The molecule has 0 radical (unpaired) electrons. The van der Waals surface area contributed by atoms with Crippen molar-refractivity contribution in [2.45, 2.75) is 19.4 Å². The van der Waals surface area contributed by atoms with Gasteiger partial charge in [0.2, 0.25) is 5.89 Å². The predicted octanol–water partition coefficient (Wildman–Crippen LogP) is 4.50. The summed E-state index contributed by atoms with van der Waals surface area (Å²) < 4.78 is 16.8. The monoisotopic (exact) mass is 409 g/mol. The van der Waals surface area contributed by atoms with E-state index < -0.39 is 0 Å². The van der Waals surface area contributed by atoms with Crippen LogP contribution in [-0.2, 0) is 16.1 Å². The van der Waals surface area contributed by atoms with Gasteiger partial charge in [-0.15, -0.1) is 11.3 Å². The van der Waals surface area contributed by atoms with E-state index in [0.717, 1.165) is 16.0 Å². The summed E-state index contributed by atoms with van der Waals surface area (Å²) in [5, 5.41) is 1.96. The third-order valence-electron chi connectivity index (χ3n) is 5.03. The second-order valence-electron chi connectivity index (χ2n) is 6.95. The van der Waals surface area contributed by atoms with E-state index in [1.807, 2.05) is 41.8 Å². The van der Waals surface area contributed by atoms with Gasteiger partial charge in [0, 0.05) is 13.1 Å². The van der Waals surface area contributed by atoms with Gasteiger partial charge in [-0.25, -0.2) is 4.98 Å². The second kappa shape index (κ2) is 7.71. The minimum Gasteiger partial charge on any atom is -0.459 e. The van der Waals surface area contributed by atoms with Crippen LogP contribution < -0.4 is 4.90 Å². The number of piperidine rings is 1. The van der Waals surface area contributed by atoms with E-state index in [-0.39, 0.29) is 18.5 Å². The molecule has 0 saturated carbocycles. The van der Waals surface area contributed by atoms with Gasteiger partial charge in [0.15, 0.2) is 5.58 Å². The normalized spacial score (nSPS) is 15.1. The number of benzene rings is 1. The maximum atomic E-state index is 12.5. The van der Waals surface area contributed by atoms with Gasteiger partial charge < -0.3 is 18.5 Å². The molecule has 148 valence electrons. The van der Waals surface area contributed by atoms with Crippen LogP contribution in [0.2, 0.25) is 0 Å². The van der Waals surface area contributed by atoms with E-state index >= 15 is 0 Å². The zero-order valence-corrected chi connectivity index (χ0v) is 16.4. The molecule has 0 aliphatic carbocycles. The predicted molar refractivity (Wildman–Crippen MR) is 109 cm³/mol. The summed E-state index contributed by atoms with van der Waals surface area (Å²) in [5.74, 6) is 0.236. The van der Waals surface area contributed by atoms with Crippen LogP contribution in [0.1, 0.15) is 18.5 Å². The van der Waals surface area contributed by atoms with Crippen LogP contribution in [0, 0.1) is 5.92 Å². The van der Waals surface area contributed by atoms with E-state index in [0.29, 0.717) is 43.5 Å². The first-order valence-electron chi connectivity index (χ1n) is 9.52. The minimum absolute atomic E-state index is 0.124. The fourth-order valence-electron chi connectivity index (χ4n) is 3.45. The van der Waals surface area contributed by atoms with Crippen molar-refractivity contribution in [2.75, 3.05) is 18.0 Å². The zero-order valence-electron chi connectivity index (χ0n) is 15.6. The Balaban J connectivity index is 1.14. The Kier molecular flexibility index (Phi) is 4.77. The molecule has 4 heterocycles. The van der Waals surface area contributed by atoms with E-state index in [2.05, 4.69) is 14.9 Å². The smallest absolute Gasteiger partial charge is 0.309 e. The maximum absolute atomic E-state index is 12.5. The molecule has 0 amide bonds. The molecule has 7 nitrogen and oxygen atoms in total. The third kappa shape index (κ3) is 3.75. The number of hydrogen-bond acceptors (Lipinski definition) is 8. The molecule has 1 aliphatic heterocycles. The molecular weight excluding hydrogens is 390 g/mol. The van der Waals surface area contributed by atoms with E-state index in [4.69, 9.17) is 13.6 Å². The first kappa shape index (κ1) is 17.9. The Bertz CT molecular complexity index is 1080. The first-order chi connectivity index (χ1) is 14.3. The number of carbonyl (C=O) groups excluding carboxylic acids is 1. The van der Waals surface area contributed by atoms with Crippen molar-refractivity contribution in [1.29, 1.82) is 0 Å². The Morgan fingerprint density at radius 3 is 2.83 bits per heavy atom. The summed E-state index contributed by atoms with van der Waals surface area (Å²) >= 11 is 1.55. The fraction of sp³-hybridized carbons (Fsp3) is 0.286. The fourth-order valence-corrected chi connectivity index (χ4v) is 4.11. The molecule has 0 N–H and O–H groups in total. The van der Waals surface area contributed by atoms with Gasteiger partial charge in [-0.05, 0) is 36.4 Å². The van der Waals surface area contributed by atoms with Gasteiger partial charge in [0.05, 0.1) is 10.8 Å². The molecule has 4 aromatic rings. The number of oxazole rings is 2. The average molecular weight is 409 g/mol. The lowest BCUT2D eigenvalue weighted by atomic mass is 9.97. The highest BCUT2D eigenvalue weighted by atomic mass is 32.1. The summed E-state index contributed by atoms with van der Waals surface area (Å²) in [7, 11) is 0. The van der Waals surface area contributed by atoms with E-state index in [1.165, 1.54) is 6.26 Å². The van der Waals surface area contributed by atoms with Crippen LogP contribution in [0.15, 0.2) is 56.9 Å². The number of aromatic nitrogens is 2. The van der Waals surface area contributed by atoms with Crippen LogP contribution in [0.3, 0.4) is 0 Å². The molecule has 3 aromatic heterocycles. The highest BCUT2D eigenvalue weighted by Crippen LogP contribution is 2.27. The van der Waals surface area contributed by atoms with Gasteiger partial charge in [0.1, 0.15) is 24.1 Å². The molecular formula is C21H19N3O4S. The molecule has 1 aromatic carbocycles. The van der Waals surface area contributed by atoms with E-state index in [9.17, 15) is 4.79 Å². The molecule has 1 fully saturated rings. The Hall–Kier alpha value is -3.13. The van der Waals surface area contributed by atoms with Crippen molar-refractivity contribution >= 4 is 34.4 Å². The summed E-state index contributed by atoms with van der Waals surface area (Å²) in [6.07, 6.45) is 2.95. The van der Waals surface area contributed by atoms with Gasteiger partial charge in [-0.1, -0.05) is 18.2 Å². The summed E-state index contributed by atoms with van der Waals surface area (Å²) in [4.78, 5) is 24.4. The van der Waals surface area contributed by atoms with Crippen molar-refractivity contribution in [3.8, 4) is 10.8 Å². The van der Waals surface area contributed by atoms with Crippen molar-refractivity contribution in [3.63, 3.8) is 0 Å². The van der Waals surface area contributed by atoms with Gasteiger partial charge in [0.25, 0.3) is 6.01 Å². The van der Waals surface area contributed by atoms with E-state index in [1.54, 1.807) is 11.3 Å². The summed E-state index contributed by atoms with van der Waals surface area (Å²) in [5.41, 5.74) is 2.24. The Labute approximate surface area is 170 Å². The molecule has 0 bridgehead atoms. The lowest BCUT2D eigenvalue weighted by Crippen LogP contribution is -2.37. The number of thiophene rings is 1. The largest absolute Gasteiger partial charge is 0.459 e. The van der Waals surface area contributed by atoms with Gasteiger partial charge in [-0.2, -0.15) is 4.98 Å². The lowest BCUT2D eigenvalue weighted by molar-refractivity contribution is -0.150. The Morgan fingerprint density at radius 2 is 2.03 bits per heavy atom. The number of rotatable bonds is 5. The maximum Gasteiger partial charge on any atom is 0.309 e. The number of hydrogen-bond donors (Lipinski definition) is 0. The highest BCUT2D eigenvalue weighted by molar-refractivity contribution is 7.13. The topological polar surface area (TPSA) is 81.6 Å². The van der Waals surface area contributed by atoms with Crippen molar-refractivity contribution in [2.24, 2.45) is 5.92 Å². The van der Waals surface area contributed by atoms with Crippen LogP contribution in [0.5, 0.6) is 0 Å². The molecule has 0 unspecified atom stereocenters. The van der Waals surface area contributed by atoms with Crippen LogP contribution in [-0.4, -0.2) is 29.0 Å². The van der Waals surface area contributed by atoms with Crippen LogP contribution in [0.25, 0.3) is 21.9 Å². The molecule has 0 atom stereocenters. The average Bonchev–Trinajstić information content (AvgIpc) is 3.52. The lowest BCUT2D eigenvalue weighted by Gasteiger charge is -2.29. The molecule has 1 saturated heterocycles. The molecule has 0 spiro atoms. The third-order valence-corrected chi connectivity index (χ3v) is 5.89. The number of fused-ring (bicyclic) bond motifs is 1. The van der Waals surface area contributed by atoms with Crippen molar-refractivity contribution in [3.05, 3.63) is 53.7 Å². The molecule has 1 aliphatic rings. The number of anilines is 1. The van der Waals surface area contributed by atoms with Crippen molar-refractivity contribution in [1.82, 2.24) is 9.97 Å².